The van der Waals surface area contributed by atoms with Crippen molar-refractivity contribution in [2.24, 2.45) is 5.73 Å². The number of benzene rings is 1. The Labute approximate surface area is 184 Å². The molecule has 32 heavy (non-hydrogen) atoms. The quantitative estimate of drug-likeness (QED) is 0.551. The number of fused-ring (bicyclic) bond motifs is 1. The predicted molar refractivity (Wildman–Crippen MR) is 116 cm³/mol. The summed E-state index contributed by atoms with van der Waals surface area (Å²) in [6, 6.07) is 7.47. The third-order valence-electron chi connectivity index (χ3n) is 5.40. The molecule has 0 radical (unpaired) electrons. The summed E-state index contributed by atoms with van der Waals surface area (Å²) in [7, 11) is 0. The summed E-state index contributed by atoms with van der Waals surface area (Å²) in [5.74, 6) is -1.16. The minimum Gasteiger partial charge on any atom is -0.465 e. The minimum atomic E-state index is -0.822. The highest BCUT2D eigenvalue weighted by molar-refractivity contribution is 6.02. The van der Waals surface area contributed by atoms with E-state index in [2.05, 4.69) is 9.97 Å². The van der Waals surface area contributed by atoms with Crippen molar-refractivity contribution in [3.05, 3.63) is 46.0 Å². The summed E-state index contributed by atoms with van der Waals surface area (Å²) in [4.78, 5) is 46.8. The monoisotopic (exact) mass is 439 g/mol. The van der Waals surface area contributed by atoms with Crippen LogP contribution >= 0.6 is 0 Å². The fraction of sp³-hybridized carbons (Fsp3) is 0.409. The van der Waals surface area contributed by atoms with Gasteiger partial charge >= 0.3 is 11.7 Å². The molecule has 1 aliphatic rings. The van der Waals surface area contributed by atoms with Gasteiger partial charge in [0.15, 0.2) is 17.2 Å². The van der Waals surface area contributed by atoms with Crippen molar-refractivity contribution >= 4 is 23.0 Å². The van der Waals surface area contributed by atoms with Crippen LogP contribution in [0.15, 0.2) is 29.1 Å². The summed E-state index contributed by atoms with van der Waals surface area (Å²) >= 11 is 0. The van der Waals surface area contributed by atoms with Gasteiger partial charge in [-0.2, -0.15) is 0 Å². The van der Waals surface area contributed by atoms with Crippen molar-refractivity contribution in [3.8, 4) is 11.4 Å². The lowest BCUT2D eigenvalue weighted by atomic mass is 10.1. The van der Waals surface area contributed by atoms with Gasteiger partial charge < -0.3 is 15.2 Å². The van der Waals surface area contributed by atoms with Crippen LogP contribution in [0.5, 0.6) is 0 Å². The van der Waals surface area contributed by atoms with Gasteiger partial charge in [0.2, 0.25) is 0 Å². The highest BCUT2D eigenvalue weighted by Crippen LogP contribution is 2.23. The zero-order valence-corrected chi connectivity index (χ0v) is 18.0. The molecule has 1 aliphatic heterocycles. The van der Waals surface area contributed by atoms with Gasteiger partial charge in [0.05, 0.1) is 19.3 Å². The largest absolute Gasteiger partial charge is 0.465 e. The van der Waals surface area contributed by atoms with E-state index < -0.39 is 17.6 Å². The molecule has 2 N–H and O–H groups in total. The summed E-state index contributed by atoms with van der Waals surface area (Å²) in [6.45, 7) is 4.28. The number of rotatable bonds is 7. The number of aromatic nitrogens is 4. The van der Waals surface area contributed by atoms with E-state index in [0.29, 0.717) is 12.2 Å². The van der Waals surface area contributed by atoms with Crippen LogP contribution < -0.4 is 11.4 Å². The lowest BCUT2D eigenvalue weighted by Crippen LogP contribution is -2.31. The van der Waals surface area contributed by atoms with E-state index in [1.807, 2.05) is 31.2 Å². The number of amides is 1. The Morgan fingerprint density at radius 1 is 1.22 bits per heavy atom. The van der Waals surface area contributed by atoms with Gasteiger partial charge in [-0.15, -0.1) is 0 Å². The molecule has 3 aromatic rings. The van der Waals surface area contributed by atoms with Crippen LogP contribution in [0.4, 0.5) is 0 Å². The summed E-state index contributed by atoms with van der Waals surface area (Å²) in [5, 5.41) is 0. The number of ether oxygens (including phenoxy) is 2. The molecule has 1 atom stereocenters. The molecule has 3 heterocycles. The number of hydrogen-bond donors (Lipinski definition) is 1. The topological polar surface area (TPSA) is 131 Å². The van der Waals surface area contributed by atoms with Crippen LogP contribution in [-0.2, 0) is 27.4 Å². The van der Waals surface area contributed by atoms with Crippen molar-refractivity contribution in [3.63, 3.8) is 0 Å². The number of hydrogen-bond acceptors (Lipinski definition) is 7. The fourth-order valence-corrected chi connectivity index (χ4v) is 3.85. The van der Waals surface area contributed by atoms with E-state index in [1.165, 1.54) is 4.57 Å². The predicted octanol–water partition coefficient (Wildman–Crippen LogP) is 1.41. The number of primary amides is 1. The van der Waals surface area contributed by atoms with Gasteiger partial charge in [-0.1, -0.05) is 29.8 Å². The van der Waals surface area contributed by atoms with Crippen molar-refractivity contribution in [2.75, 3.05) is 13.2 Å². The number of esters is 1. The highest BCUT2D eigenvalue weighted by atomic mass is 16.5. The first-order chi connectivity index (χ1) is 15.4. The molecular formula is C22H25N5O5. The minimum absolute atomic E-state index is 0.115. The Morgan fingerprint density at radius 2 is 1.97 bits per heavy atom. The van der Waals surface area contributed by atoms with Gasteiger partial charge in [0.25, 0.3) is 5.91 Å². The molecule has 168 valence electrons. The van der Waals surface area contributed by atoms with Gasteiger partial charge in [0, 0.05) is 12.2 Å². The first-order valence-electron chi connectivity index (χ1n) is 10.5. The van der Waals surface area contributed by atoms with Gasteiger partial charge in [-0.05, 0) is 26.7 Å². The van der Waals surface area contributed by atoms with E-state index in [4.69, 9.17) is 15.2 Å². The summed E-state index contributed by atoms with van der Waals surface area (Å²) < 4.78 is 13.3. The standard InChI is InChI=1S/C22H25N5O5/c1-3-31-16(28)12-26-18-17(19(23)29)24-20(14-8-6-13(2)7-9-14)25-21(18)27(22(26)30)11-15-5-4-10-32-15/h6-9,15H,3-5,10-12H2,1-2H3,(H2,23,29)/t15-/m1/s1. The maximum atomic E-state index is 13.3. The first-order valence-corrected chi connectivity index (χ1v) is 10.5. The van der Waals surface area contributed by atoms with E-state index in [1.54, 1.807) is 6.92 Å². The summed E-state index contributed by atoms with van der Waals surface area (Å²) in [5.41, 5.74) is 7.09. The number of nitrogens with zero attached hydrogens (tertiary/aromatic N) is 4. The Balaban J connectivity index is 1.95. The van der Waals surface area contributed by atoms with E-state index in [-0.39, 0.29) is 48.5 Å². The normalized spacial score (nSPS) is 15.9. The van der Waals surface area contributed by atoms with Crippen molar-refractivity contribution in [1.82, 2.24) is 19.1 Å². The lowest BCUT2D eigenvalue weighted by molar-refractivity contribution is -0.143. The molecule has 10 nitrogen and oxygen atoms in total. The molecule has 2 aromatic heterocycles. The number of aryl methyl sites for hydroxylation is 1. The average Bonchev–Trinajstić information content (AvgIpc) is 3.36. The van der Waals surface area contributed by atoms with Gasteiger partial charge in [0.1, 0.15) is 12.1 Å². The first kappa shape index (κ1) is 21.7. The fourth-order valence-electron chi connectivity index (χ4n) is 3.85. The average molecular weight is 439 g/mol. The van der Waals surface area contributed by atoms with Crippen LogP contribution in [0, 0.1) is 6.92 Å². The van der Waals surface area contributed by atoms with Crippen molar-refractivity contribution < 1.29 is 19.1 Å². The van der Waals surface area contributed by atoms with Gasteiger partial charge in [-0.25, -0.2) is 14.8 Å². The molecule has 1 aromatic carbocycles. The van der Waals surface area contributed by atoms with Crippen molar-refractivity contribution in [2.45, 2.75) is 45.9 Å². The molecule has 4 rings (SSSR count). The van der Waals surface area contributed by atoms with Crippen LogP contribution in [0.1, 0.15) is 35.8 Å². The Bertz CT molecular complexity index is 1220. The smallest absolute Gasteiger partial charge is 0.331 e. The second-order valence-electron chi connectivity index (χ2n) is 7.72. The molecule has 0 bridgehead atoms. The molecule has 0 aliphatic carbocycles. The second-order valence-corrected chi connectivity index (χ2v) is 7.72. The third kappa shape index (κ3) is 4.13. The number of carbonyl (C=O) groups is 2. The van der Waals surface area contributed by atoms with Crippen molar-refractivity contribution in [1.29, 1.82) is 0 Å². The Kier molecular flexibility index (Phi) is 6.04. The second kappa shape index (κ2) is 8.91. The van der Waals surface area contributed by atoms with Crippen LogP contribution in [0.2, 0.25) is 0 Å². The van der Waals surface area contributed by atoms with Gasteiger partial charge in [-0.3, -0.25) is 18.7 Å². The molecule has 0 spiro atoms. The Hall–Kier alpha value is -3.53. The van der Waals surface area contributed by atoms with E-state index in [9.17, 15) is 14.4 Å². The SMILES string of the molecule is CCOC(=O)Cn1c(=O)n(C[C@H]2CCCO2)c2nc(-c3ccc(C)cc3)nc(C(N)=O)c21. The zero-order chi connectivity index (χ0) is 22.8. The number of imidazole rings is 1. The molecule has 0 saturated carbocycles. The Morgan fingerprint density at radius 3 is 2.59 bits per heavy atom. The molecule has 1 fully saturated rings. The van der Waals surface area contributed by atoms with Crippen LogP contribution in [-0.4, -0.2) is 50.3 Å². The highest BCUT2D eigenvalue weighted by Gasteiger charge is 2.27. The maximum Gasteiger partial charge on any atom is 0.331 e. The number of nitrogens with two attached hydrogens (primary N) is 1. The van der Waals surface area contributed by atoms with E-state index >= 15 is 0 Å². The summed E-state index contributed by atoms with van der Waals surface area (Å²) in [6.07, 6.45) is 1.54. The lowest BCUT2D eigenvalue weighted by Gasteiger charge is -2.10. The molecule has 1 amide bonds. The van der Waals surface area contributed by atoms with E-state index in [0.717, 1.165) is 23.0 Å². The zero-order valence-electron chi connectivity index (χ0n) is 18.0. The molecule has 0 unspecified atom stereocenters. The number of carbonyl (C=O) groups excluding carboxylic acids is 2. The molecule has 10 heteroatoms. The third-order valence-corrected chi connectivity index (χ3v) is 5.40. The van der Waals surface area contributed by atoms with Crippen LogP contribution in [0.3, 0.4) is 0 Å². The molecule has 1 saturated heterocycles. The maximum absolute atomic E-state index is 13.3. The van der Waals surface area contributed by atoms with Crippen LogP contribution in [0.25, 0.3) is 22.6 Å². The molecular weight excluding hydrogens is 414 g/mol.